The van der Waals surface area contributed by atoms with Gasteiger partial charge in [-0.15, -0.1) is 0 Å². The highest BCUT2D eigenvalue weighted by molar-refractivity contribution is 5.78. The third kappa shape index (κ3) is 3.86. The second kappa shape index (κ2) is 8.76. The molecule has 0 radical (unpaired) electrons. The number of hydrogen-bond donors (Lipinski definition) is 1. The van der Waals surface area contributed by atoms with E-state index in [2.05, 4.69) is 35.3 Å². The van der Waals surface area contributed by atoms with Crippen LogP contribution < -0.4 is 5.73 Å². The van der Waals surface area contributed by atoms with Crippen LogP contribution in [0, 0.1) is 0 Å². The molecule has 0 bridgehead atoms. The molecule has 0 saturated carbocycles. The fraction of sp³-hybridized carbons (Fsp3) is 0.429. The van der Waals surface area contributed by atoms with Crippen molar-refractivity contribution in [3.8, 4) is 22.5 Å². The highest BCUT2D eigenvalue weighted by Crippen LogP contribution is 2.27. The van der Waals surface area contributed by atoms with Gasteiger partial charge < -0.3 is 10.5 Å². The quantitative estimate of drug-likeness (QED) is 0.457. The molecule has 158 valence electrons. The van der Waals surface area contributed by atoms with E-state index in [-0.39, 0.29) is 6.10 Å². The lowest BCUT2D eigenvalue weighted by molar-refractivity contribution is 0.0914. The Balaban J connectivity index is 1.71. The number of hydrogen-bond acceptors (Lipinski definition) is 6. The van der Waals surface area contributed by atoms with E-state index < -0.39 is 0 Å². The fourth-order valence-corrected chi connectivity index (χ4v) is 3.65. The van der Waals surface area contributed by atoms with E-state index in [4.69, 9.17) is 15.5 Å². The lowest BCUT2D eigenvalue weighted by atomic mass is 10.1. The van der Waals surface area contributed by atoms with Crippen LogP contribution in [0.5, 0.6) is 0 Å². The maximum Gasteiger partial charge on any atom is 0.0999 e. The molecule has 2 N–H and O–H groups in total. The Morgan fingerprint density at radius 2 is 1.83 bits per heavy atom. The molecule has 1 atom stereocenters. The zero-order valence-corrected chi connectivity index (χ0v) is 17.6. The Bertz CT molecular complexity index is 1100. The average Bonchev–Trinajstić information content (AvgIpc) is 3.52. The summed E-state index contributed by atoms with van der Waals surface area (Å²) in [7, 11) is 1.66. The Morgan fingerprint density at radius 3 is 2.57 bits per heavy atom. The Labute approximate surface area is 175 Å². The van der Waals surface area contributed by atoms with E-state index in [0.717, 1.165) is 40.9 Å². The van der Waals surface area contributed by atoms with Gasteiger partial charge in [0.15, 0.2) is 0 Å². The highest BCUT2D eigenvalue weighted by Gasteiger charge is 2.16. The lowest BCUT2D eigenvalue weighted by Gasteiger charge is -2.12. The van der Waals surface area contributed by atoms with Gasteiger partial charge >= 0.3 is 0 Å². The Morgan fingerprint density at radius 1 is 1.03 bits per heavy atom. The van der Waals surface area contributed by atoms with E-state index in [0.29, 0.717) is 19.1 Å². The van der Waals surface area contributed by atoms with Crippen LogP contribution >= 0.6 is 0 Å². The first-order chi connectivity index (χ1) is 14.7. The highest BCUT2D eigenvalue weighted by atomic mass is 16.5. The molecule has 30 heavy (non-hydrogen) atoms. The average molecular weight is 409 g/mol. The van der Waals surface area contributed by atoms with Crippen molar-refractivity contribution in [2.24, 2.45) is 5.73 Å². The molecule has 0 spiro atoms. The van der Waals surface area contributed by atoms with Gasteiger partial charge in [0, 0.05) is 37.2 Å². The molecule has 4 rings (SSSR count). The van der Waals surface area contributed by atoms with Crippen LogP contribution in [-0.4, -0.2) is 53.9 Å². The molecule has 0 aliphatic heterocycles. The summed E-state index contributed by atoms with van der Waals surface area (Å²) >= 11 is 0. The van der Waals surface area contributed by atoms with Crippen LogP contribution in [-0.2, 0) is 11.3 Å². The molecule has 0 aliphatic carbocycles. The van der Waals surface area contributed by atoms with Gasteiger partial charge in [-0.1, -0.05) is 13.8 Å². The Hall–Kier alpha value is -3.04. The van der Waals surface area contributed by atoms with Crippen molar-refractivity contribution in [1.29, 1.82) is 0 Å². The van der Waals surface area contributed by atoms with Gasteiger partial charge in [0.2, 0.25) is 0 Å². The van der Waals surface area contributed by atoms with Crippen LogP contribution in [0.25, 0.3) is 28.0 Å². The zero-order chi connectivity index (χ0) is 21.1. The van der Waals surface area contributed by atoms with Crippen molar-refractivity contribution in [3.63, 3.8) is 0 Å². The predicted octanol–water partition coefficient (Wildman–Crippen LogP) is 2.79. The third-order valence-electron chi connectivity index (χ3n) is 5.50. The Kier molecular flexibility index (Phi) is 5.91. The SMILES string of the molecule is CCC(CC)n1cc(-c2nc(-c3cnn(CC(CN)OC)c3)cn3nccc23)cn1. The minimum atomic E-state index is -0.0780. The van der Waals surface area contributed by atoms with Crippen molar-refractivity contribution in [2.75, 3.05) is 13.7 Å². The molecule has 0 amide bonds. The molecule has 0 aromatic carbocycles. The summed E-state index contributed by atoms with van der Waals surface area (Å²) in [6.07, 6.45) is 13.4. The van der Waals surface area contributed by atoms with E-state index in [1.807, 2.05) is 38.5 Å². The first-order valence-electron chi connectivity index (χ1n) is 10.3. The number of ether oxygens (including phenoxy) is 1. The third-order valence-corrected chi connectivity index (χ3v) is 5.50. The largest absolute Gasteiger partial charge is 0.378 e. The summed E-state index contributed by atoms with van der Waals surface area (Å²) in [5.74, 6) is 0. The van der Waals surface area contributed by atoms with E-state index in [9.17, 15) is 0 Å². The monoisotopic (exact) mass is 408 g/mol. The lowest BCUT2D eigenvalue weighted by Crippen LogP contribution is -2.27. The molecule has 0 saturated heterocycles. The molecule has 0 fully saturated rings. The first kappa shape index (κ1) is 20.2. The number of nitrogens with two attached hydrogens (primary N) is 1. The van der Waals surface area contributed by atoms with Crippen molar-refractivity contribution >= 4 is 5.52 Å². The standard InChI is InChI=1S/C21H28N8O/c1-4-17(5-2)28-12-16(10-25-28)21-20-6-7-23-29(20)14-19(26-21)15-9-24-27(11-15)13-18(8-22)30-3/h6-7,9-12,14,17-18H,4-5,8,13,22H2,1-3H3. The number of methoxy groups -OCH3 is 1. The number of fused-ring (bicyclic) bond motifs is 1. The van der Waals surface area contributed by atoms with E-state index in [1.54, 1.807) is 19.5 Å². The molecular weight excluding hydrogens is 380 g/mol. The molecule has 9 heteroatoms. The van der Waals surface area contributed by atoms with Gasteiger partial charge in [-0.2, -0.15) is 15.3 Å². The molecule has 9 nitrogen and oxygen atoms in total. The minimum Gasteiger partial charge on any atom is -0.378 e. The van der Waals surface area contributed by atoms with Crippen molar-refractivity contribution < 1.29 is 4.74 Å². The van der Waals surface area contributed by atoms with Gasteiger partial charge in [-0.25, -0.2) is 9.50 Å². The summed E-state index contributed by atoms with van der Waals surface area (Å²) in [6.45, 7) is 5.39. The smallest absolute Gasteiger partial charge is 0.0999 e. The molecular formula is C21H28N8O. The minimum absolute atomic E-state index is 0.0780. The van der Waals surface area contributed by atoms with Crippen LogP contribution in [0.4, 0.5) is 0 Å². The topological polar surface area (TPSA) is 101 Å². The summed E-state index contributed by atoms with van der Waals surface area (Å²) in [5, 5.41) is 13.5. The normalized spacial score (nSPS) is 12.8. The first-order valence-corrected chi connectivity index (χ1v) is 10.3. The van der Waals surface area contributed by atoms with Crippen molar-refractivity contribution in [3.05, 3.63) is 43.2 Å². The zero-order valence-electron chi connectivity index (χ0n) is 17.6. The second-order valence-electron chi connectivity index (χ2n) is 7.36. The van der Waals surface area contributed by atoms with Gasteiger partial charge in [-0.05, 0) is 18.9 Å². The maximum absolute atomic E-state index is 5.73. The summed E-state index contributed by atoms with van der Waals surface area (Å²) < 4.78 is 11.1. The van der Waals surface area contributed by atoms with Crippen molar-refractivity contribution in [1.82, 2.24) is 34.2 Å². The molecule has 4 heterocycles. The second-order valence-corrected chi connectivity index (χ2v) is 7.36. The van der Waals surface area contributed by atoms with Gasteiger partial charge in [0.05, 0.1) is 60.4 Å². The van der Waals surface area contributed by atoms with Crippen LogP contribution in [0.3, 0.4) is 0 Å². The summed E-state index contributed by atoms with van der Waals surface area (Å²) in [5.41, 5.74) is 10.2. The van der Waals surface area contributed by atoms with Gasteiger partial charge in [0.25, 0.3) is 0 Å². The van der Waals surface area contributed by atoms with Crippen molar-refractivity contribution in [2.45, 2.75) is 45.4 Å². The van der Waals surface area contributed by atoms with Crippen LogP contribution in [0.2, 0.25) is 0 Å². The number of aromatic nitrogens is 7. The van der Waals surface area contributed by atoms with Gasteiger partial charge in [0.1, 0.15) is 0 Å². The summed E-state index contributed by atoms with van der Waals surface area (Å²) in [6, 6.07) is 2.35. The number of nitrogens with zero attached hydrogens (tertiary/aromatic N) is 7. The maximum atomic E-state index is 5.73. The van der Waals surface area contributed by atoms with E-state index >= 15 is 0 Å². The number of rotatable bonds is 9. The molecule has 1 unspecified atom stereocenters. The van der Waals surface area contributed by atoms with E-state index in [1.165, 1.54) is 0 Å². The van der Waals surface area contributed by atoms with Crippen LogP contribution in [0.15, 0.2) is 43.2 Å². The molecule has 0 aliphatic rings. The van der Waals surface area contributed by atoms with Gasteiger partial charge in [-0.3, -0.25) is 9.36 Å². The molecule has 4 aromatic heterocycles. The predicted molar refractivity (Wildman–Crippen MR) is 115 cm³/mol. The molecule has 4 aromatic rings. The van der Waals surface area contributed by atoms with Crippen LogP contribution in [0.1, 0.15) is 32.7 Å². The summed E-state index contributed by atoms with van der Waals surface area (Å²) in [4.78, 5) is 4.95. The fourth-order valence-electron chi connectivity index (χ4n) is 3.65.